The molecule has 1 amide bonds. The third-order valence-electron chi connectivity index (χ3n) is 6.09. The molecule has 29 heavy (non-hydrogen) atoms. The molecule has 0 spiro atoms. The molecule has 1 aliphatic carbocycles. The minimum absolute atomic E-state index is 0.0151. The van der Waals surface area contributed by atoms with E-state index in [0.29, 0.717) is 24.4 Å². The van der Waals surface area contributed by atoms with Gasteiger partial charge >= 0.3 is 0 Å². The highest BCUT2D eigenvalue weighted by atomic mass is 32.2. The Morgan fingerprint density at radius 2 is 1.86 bits per heavy atom. The number of aryl methyl sites for hydroxylation is 3. The number of allylic oxidation sites excluding steroid dienone is 1. The van der Waals surface area contributed by atoms with Gasteiger partial charge in [0.1, 0.15) is 0 Å². The molecule has 160 valence electrons. The average molecular weight is 419 g/mol. The van der Waals surface area contributed by atoms with Gasteiger partial charge in [0.05, 0.1) is 10.8 Å². The molecule has 1 aromatic carbocycles. The summed E-state index contributed by atoms with van der Waals surface area (Å²) in [5, 5.41) is 3.04. The summed E-state index contributed by atoms with van der Waals surface area (Å²) in [7, 11) is -3.60. The van der Waals surface area contributed by atoms with Crippen LogP contribution in [0, 0.1) is 26.7 Å². The monoisotopic (exact) mass is 418 g/mol. The fraction of sp³-hybridized carbons (Fsp3) is 0.609. The van der Waals surface area contributed by atoms with Crippen LogP contribution in [0.3, 0.4) is 0 Å². The van der Waals surface area contributed by atoms with Crippen molar-refractivity contribution < 1.29 is 13.2 Å². The number of hydrogen-bond acceptors (Lipinski definition) is 3. The third-order valence-corrected chi connectivity index (χ3v) is 8.26. The smallest absolute Gasteiger partial charge is 0.243 e. The van der Waals surface area contributed by atoms with Crippen LogP contribution >= 0.6 is 0 Å². The fourth-order valence-corrected chi connectivity index (χ4v) is 6.64. The molecule has 1 aliphatic heterocycles. The van der Waals surface area contributed by atoms with Crippen LogP contribution in [-0.2, 0) is 14.8 Å². The number of nitrogens with zero attached hydrogens (tertiary/aromatic N) is 1. The molecule has 1 fully saturated rings. The summed E-state index contributed by atoms with van der Waals surface area (Å²) in [6.45, 7) is 7.06. The Hall–Kier alpha value is -1.66. The molecule has 1 heterocycles. The van der Waals surface area contributed by atoms with E-state index in [0.717, 1.165) is 42.4 Å². The highest BCUT2D eigenvalue weighted by Crippen LogP contribution is 2.29. The summed E-state index contributed by atoms with van der Waals surface area (Å²) in [5.74, 6) is -0.288. The Morgan fingerprint density at radius 1 is 1.14 bits per heavy atom. The quantitative estimate of drug-likeness (QED) is 0.710. The van der Waals surface area contributed by atoms with E-state index in [-0.39, 0.29) is 18.4 Å². The zero-order valence-electron chi connectivity index (χ0n) is 18.0. The normalized spacial score (nSPS) is 20.9. The molecule has 1 aromatic rings. The summed E-state index contributed by atoms with van der Waals surface area (Å²) >= 11 is 0. The van der Waals surface area contributed by atoms with E-state index in [2.05, 4.69) is 11.4 Å². The number of carbonyl (C=O) groups excluding carboxylic acids is 1. The predicted molar refractivity (Wildman–Crippen MR) is 116 cm³/mol. The number of sulfonamides is 1. The largest absolute Gasteiger partial charge is 0.356 e. The molecule has 0 bridgehead atoms. The zero-order valence-corrected chi connectivity index (χ0v) is 18.8. The standard InChI is InChI=1S/C23H34N2O3S/c1-17-14-18(2)22(19(3)15-17)29(27,28)25-13-7-10-21(16-25)23(26)24-12-11-20-8-5-4-6-9-20/h8,14-15,21H,4-7,9-13,16H2,1-3H3,(H,24,26)/t21-/m1/s1. The molecule has 0 unspecified atom stereocenters. The van der Waals surface area contributed by atoms with Gasteiger partial charge in [-0.25, -0.2) is 8.42 Å². The number of rotatable bonds is 6. The Morgan fingerprint density at radius 3 is 2.52 bits per heavy atom. The van der Waals surface area contributed by atoms with Crippen molar-refractivity contribution in [3.63, 3.8) is 0 Å². The van der Waals surface area contributed by atoms with Crippen molar-refractivity contribution in [1.82, 2.24) is 9.62 Å². The van der Waals surface area contributed by atoms with Gasteiger partial charge in [0.25, 0.3) is 0 Å². The summed E-state index contributed by atoms with van der Waals surface area (Å²) < 4.78 is 28.1. The summed E-state index contributed by atoms with van der Waals surface area (Å²) in [6, 6.07) is 3.82. The van der Waals surface area contributed by atoms with E-state index >= 15 is 0 Å². The minimum Gasteiger partial charge on any atom is -0.356 e. The van der Waals surface area contributed by atoms with E-state index < -0.39 is 10.0 Å². The molecule has 6 heteroatoms. The Bertz CT molecular complexity index is 866. The molecular weight excluding hydrogens is 384 g/mol. The van der Waals surface area contributed by atoms with Crippen molar-refractivity contribution in [2.75, 3.05) is 19.6 Å². The van der Waals surface area contributed by atoms with E-state index in [1.807, 2.05) is 32.9 Å². The highest BCUT2D eigenvalue weighted by Gasteiger charge is 2.34. The van der Waals surface area contributed by atoms with E-state index in [4.69, 9.17) is 0 Å². The third kappa shape index (κ3) is 5.28. The van der Waals surface area contributed by atoms with E-state index in [1.54, 1.807) is 0 Å². The van der Waals surface area contributed by atoms with Crippen LogP contribution < -0.4 is 5.32 Å². The predicted octanol–water partition coefficient (Wildman–Crippen LogP) is 4.02. The molecule has 5 nitrogen and oxygen atoms in total. The van der Waals surface area contributed by atoms with Gasteiger partial charge in [-0.3, -0.25) is 4.79 Å². The summed E-state index contributed by atoms with van der Waals surface area (Å²) in [4.78, 5) is 13.1. The van der Waals surface area contributed by atoms with E-state index in [9.17, 15) is 13.2 Å². The van der Waals surface area contributed by atoms with Crippen LogP contribution in [0.1, 0.15) is 61.6 Å². The van der Waals surface area contributed by atoms with Crippen LogP contribution in [0.4, 0.5) is 0 Å². The molecule has 3 rings (SSSR count). The van der Waals surface area contributed by atoms with Crippen LogP contribution in [0.5, 0.6) is 0 Å². The van der Waals surface area contributed by atoms with Crippen molar-refractivity contribution in [1.29, 1.82) is 0 Å². The van der Waals surface area contributed by atoms with Crippen molar-refractivity contribution in [3.05, 3.63) is 40.5 Å². The molecule has 2 aliphatic rings. The zero-order chi connectivity index (χ0) is 21.0. The minimum atomic E-state index is -3.60. The van der Waals surface area contributed by atoms with Crippen LogP contribution in [0.15, 0.2) is 28.7 Å². The Labute approximate surface area is 175 Å². The number of nitrogens with one attached hydrogen (secondary N) is 1. The van der Waals surface area contributed by atoms with Gasteiger partial charge in [0, 0.05) is 19.6 Å². The highest BCUT2D eigenvalue weighted by molar-refractivity contribution is 7.89. The van der Waals surface area contributed by atoms with Crippen molar-refractivity contribution in [2.45, 2.75) is 70.6 Å². The molecule has 0 saturated carbocycles. The maximum absolute atomic E-state index is 13.3. The van der Waals surface area contributed by atoms with Gasteiger partial charge in [-0.05, 0) is 76.8 Å². The lowest BCUT2D eigenvalue weighted by Crippen LogP contribution is -2.45. The van der Waals surface area contributed by atoms with Gasteiger partial charge in [-0.2, -0.15) is 4.31 Å². The second-order valence-electron chi connectivity index (χ2n) is 8.58. The van der Waals surface area contributed by atoms with Gasteiger partial charge in [-0.1, -0.05) is 29.3 Å². The van der Waals surface area contributed by atoms with Crippen molar-refractivity contribution >= 4 is 15.9 Å². The topological polar surface area (TPSA) is 66.5 Å². The molecule has 1 saturated heterocycles. The molecule has 0 aromatic heterocycles. The Balaban J connectivity index is 1.63. The van der Waals surface area contributed by atoms with Gasteiger partial charge in [-0.15, -0.1) is 0 Å². The van der Waals surface area contributed by atoms with Crippen LogP contribution in [0.25, 0.3) is 0 Å². The number of amides is 1. The lowest BCUT2D eigenvalue weighted by molar-refractivity contribution is -0.126. The first kappa shape index (κ1) is 22.0. The second-order valence-corrected chi connectivity index (χ2v) is 10.5. The first-order chi connectivity index (χ1) is 13.8. The van der Waals surface area contributed by atoms with Crippen molar-refractivity contribution in [3.8, 4) is 0 Å². The van der Waals surface area contributed by atoms with Crippen molar-refractivity contribution in [2.24, 2.45) is 5.92 Å². The number of benzene rings is 1. The molecule has 1 atom stereocenters. The van der Waals surface area contributed by atoms with Crippen LogP contribution in [-0.4, -0.2) is 38.3 Å². The lowest BCUT2D eigenvalue weighted by atomic mass is 9.96. The summed E-state index contributed by atoms with van der Waals surface area (Å²) in [5.41, 5.74) is 4.04. The SMILES string of the molecule is Cc1cc(C)c(S(=O)(=O)N2CCC[C@@H](C(=O)NCCC3=CCCCC3)C2)c(C)c1. The van der Waals surface area contributed by atoms with Crippen LogP contribution in [0.2, 0.25) is 0 Å². The maximum atomic E-state index is 13.3. The summed E-state index contributed by atoms with van der Waals surface area (Å²) in [6.07, 6.45) is 9.46. The average Bonchev–Trinajstić information content (AvgIpc) is 2.68. The number of carbonyl (C=O) groups is 1. The maximum Gasteiger partial charge on any atom is 0.243 e. The molecule has 1 N–H and O–H groups in total. The Kier molecular flexibility index (Phi) is 7.17. The number of piperidine rings is 1. The number of hydrogen-bond donors (Lipinski definition) is 1. The first-order valence-electron chi connectivity index (χ1n) is 10.8. The van der Waals surface area contributed by atoms with Gasteiger partial charge in [0.2, 0.25) is 15.9 Å². The molecule has 0 radical (unpaired) electrons. The fourth-order valence-electron chi connectivity index (χ4n) is 4.70. The van der Waals surface area contributed by atoms with E-state index in [1.165, 1.54) is 22.7 Å². The van der Waals surface area contributed by atoms with Gasteiger partial charge in [0.15, 0.2) is 0 Å². The molecular formula is C23H34N2O3S. The first-order valence-corrected chi connectivity index (χ1v) is 12.3. The second kappa shape index (κ2) is 9.43. The lowest BCUT2D eigenvalue weighted by Gasteiger charge is -2.32. The van der Waals surface area contributed by atoms with Gasteiger partial charge < -0.3 is 5.32 Å².